The molecule has 1 saturated carbocycles. The summed E-state index contributed by atoms with van der Waals surface area (Å²) in [6.45, 7) is 5.49. The number of rotatable bonds is 4. The third-order valence-corrected chi connectivity index (χ3v) is 3.48. The van der Waals surface area contributed by atoms with E-state index in [2.05, 4.69) is 16.9 Å². The number of hydrogen-bond acceptors (Lipinski definition) is 3. The first kappa shape index (κ1) is 10.4. The van der Waals surface area contributed by atoms with Crippen LogP contribution >= 0.6 is 11.3 Å². The zero-order valence-electron chi connectivity index (χ0n) is 8.69. The lowest BCUT2D eigenvalue weighted by Gasteiger charge is -2.14. The molecule has 2 rings (SSSR count). The molecule has 1 atom stereocenters. The summed E-state index contributed by atoms with van der Waals surface area (Å²) in [6.07, 6.45) is 5.53. The van der Waals surface area contributed by atoms with Crippen LogP contribution in [-0.2, 0) is 4.79 Å². The van der Waals surface area contributed by atoms with E-state index < -0.39 is 0 Å². The molecule has 1 aromatic heterocycles. The Labute approximate surface area is 93.2 Å². The molecule has 1 amide bonds. The van der Waals surface area contributed by atoms with Gasteiger partial charge < -0.3 is 5.32 Å². The van der Waals surface area contributed by atoms with E-state index in [0.29, 0.717) is 5.92 Å². The maximum absolute atomic E-state index is 11.3. The molecule has 0 saturated heterocycles. The normalized spacial score (nSPS) is 17.1. The third kappa shape index (κ3) is 2.45. The van der Waals surface area contributed by atoms with Gasteiger partial charge in [-0.25, -0.2) is 4.98 Å². The van der Waals surface area contributed by atoms with Crippen LogP contribution in [0.25, 0.3) is 0 Å². The summed E-state index contributed by atoms with van der Waals surface area (Å²) in [5.41, 5.74) is 0. The molecule has 1 aliphatic rings. The first-order valence-corrected chi connectivity index (χ1v) is 5.87. The average Bonchev–Trinajstić information content (AvgIpc) is 2.97. The van der Waals surface area contributed by atoms with Crippen molar-refractivity contribution in [1.82, 2.24) is 10.3 Å². The van der Waals surface area contributed by atoms with Crippen LogP contribution in [0.5, 0.6) is 0 Å². The van der Waals surface area contributed by atoms with E-state index in [4.69, 9.17) is 0 Å². The first-order chi connectivity index (χ1) is 7.20. The number of amides is 1. The zero-order chi connectivity index (χ0) is 10.8. The summed E-state index contributed by atoms with van der Waals surface area (Å²) in [5, 5.41) is 3.97. The SMILES string of the molecule is C=CC(=O)N[C@H](c1ncc(C)s1)C1CC1. The van der Waals surface area contributed by atoms with Crippen LogP contribution in [0.2, 0.25) is 0 Å². The molecule has 0 unspecified atom stereocenters. The highest BCUT2D eigenvalue weighted by molar-refractivity contribution is 7.11. The molecule has 1 N–H and O–H groups in total. The Kier molecular flexibility index (Phi) is 2.86. The minimum atomic E-state index is -0.111. The smallest absolute Gasteiger partial charge is 0.243 e. The van der Waals surface area contributed by atoms with Gasteiger partial charge in [0.15, 0.2) is 0 Å². The Balaban J connectivity index is 2.12. The van der Waals surface area contributed by atoms with E-state index in [1.54, 1.807) is 11.3 Å². The zero-order valence-corrected chi connectivity index (χ0v) is 9.51. The van der Waals surface area contributed by atoms with Crippen molar-refractivity contribution in [3.05, 3.63) is 28.7 Å². The number of hydrogen-bond donors (Lipinski definition) is 1. The van der Waals surface area contributed by atoms with E-state index in [1.807, 2.05) is 13.1 Å². The molecular formula is C11H14N2OS. The molecule has 1 fully saturated rings. The second-order valence-electron chi connectivity index (χ2n) is 3.84. The summed E-state index contributed by atoms with van der Waals surface area (Å²) in [4.78, 5) is 16.8. The lowest BCUT2D eigenvalue weighted by molar-refractivity contribution is -0.117. The van der Waals surface area contributed by atoms with Crippen molar-refractivity contribution in [3.63, 3.8) is 0 Å². The predicted octanol–water partition coefficient (Wildman–Crippen LogP) is 2.20. The van der Waals surface area contributed by atoms with Crippen LogP contribution in [0.3, 0.4) is 0 Å². The maximum atomic E-state index is 11.3. The van der Waals surface area contributed by atoms with Gasteiger partial charge in [-0.2, -0.15) is 0 Å². The number of aromatic nitrogens is 1. The summed E-state index contributed by atoms with van der Waals surface area (Å²) in [5.74, 6) is 0.458. The van der Waals surface area contributed by atoms with Gasteiger partial charge in [-0.05, 0) is 31.8 Å². The molecule has 0 aliphatic heterocycles. The fourth-order valence-corrected chi connectivity index (χ4v) is 2.46. The van der Waals surface area contributed by atoms with Gasteiger partial charge in [-0.3, -0.25) is 4.79 Å². The van der Waals surface area contributed by atoms with Crippen LogP contribution in [0.4, 0.5) is 0 Å². The van der Waals surface area contributed by atoms with Crippen molar-refractivity contribution in [2.24, 2.45) is 5.92 Å². The standard InChI is InChI=1S/C11H14N2OS/c1-3-9(14)13-10(8-4-5-8)11-12-6-7(2)15-11/h3,6,8,10H,1,4-5H2,2H3,(H,13,14)/t10-/m0/s1. The minimum absolute atomic E-state index is 0.0919. The molecule has 3 nitrogen and oxygen atoms in total. The molecule has 0 radical (unpaired) electrons. The van der Waals surface area contributed by atoms with Crippen molar-refractivity contribution < 1.29 is 4.79 Å². The third-order valence-electron chi connectivity index (χ3n) is 2.48. The van der Waals surface area contributed by atoms with Gasteiger partial charge >= 0.3 is 0 Å². The van der Waals surface area contributed by atoms with Gasteiger partial charge in [0, 0.05) is 11.1 Å². The van der Waals surface area contributed by atoms with E-state index in [9.17, 15) is 4.79 Å². The second kappa shape index (κ2) is 4.14. The molecule has 0 bridgehead atoms. The largest absolute Gasteiger partial charge is 0.343 e. The molecular weight excluding hydrogens is 208 g/mol. The van der Waals surface area contributed by atoms with Gasteiger partial charge in [0.1, 0.15) is 5.01 Å². The summed E-state index contributed by atoms with van der Waals surface area (Å²) < 4.78 is 0. The number of nitrogens with zero attached hydrogens (tertiary/aromatic N) is 1. The number of nitrogens with one attached hydrogen (secondary N) is 1. The number of thiazole rings is 1. The quantitative estimate of drug-likeness (QED) is 0.794. The van der Waals surface area contributed by atoms with Gasteiger partial charge in [-0.15, -0.1) is 11.3 Å². The lowest BCUT2D eigenvalue weighted by Crippen LogP contribution is -2.28. The van der Waals surface area contributed by atoms with Gasteiger partial charge in [-0.1, -0.05) is 6.58 Å². The van der Waals surface area contributed by atoms with E-state index >= 15 is 0 Å². The fourth-order valence-electron chi connectivity index (χ4n) is 1.54. The van der Waals surface area contributed by atoms with E-state index in [1.165, 1.54) is 23.8 Å². The van der Waals surface area contributed by atoms with E-state index in [0.717, 1.165) is 5.01 Å². The summed E-state index contributed by atoms with van der Waals surface area (Å²) >= 11 is 1.66. The van der Waals surface area contributed by atoms with Crippen molar-refractivity contribution >= 4 is 17.2 Å². The topological polar surface area (TPSA) is 42.0 Å². The van der Waals surface area contributed by atoms with Crippen LogP contribution in [0, 0.1) is 12.8 Å². The monoisotopic (exact) mass is 222 g/mol. The first-order valence-electron chi connectivity index (χ1n) is 5.06. The number of carbonyl (C=O) groups is 1. The second-order valence-corrected chi connectivity index (χ2v) is 5.10. The summed E-state index contributed by atoms with van der Waals surface area (Å²) in [6, 6.07) is 0.0919. The van der Waals surface area contributed by atoms with Crippen LogP contribution in [0.1, 0.15) is 28.8 Å². The maximum Gasteiger partial charge on any atom is 0.243 e. The molecule has 1 heterocycles. The molecule has 15 heavy (non-hydrogen) atoms. The van der Waals surface area contributed by atoms with Crippen molar-refractivity contribution in [1.29, 1.82) is 0 Å². The van der Waals surface area contributed by atoms with E-state index in [-0.39, 0.29) is 11.9 Å². The average molecular weight is 222 g/mol. The fraction of sp³-hybridized carbons (Fsp3) is 0.455. The Bertz CT molecular complexity index is 382. The molecule has 80 valence electrons. The Hall–Kier alpha value is -1.16. The van der Waals surface area contributed by atoms with Crippen LogP contribution in [-0.4, -0.2) is 10.9 Å². The minimum Gasteiger partial charge on any atom is -0.343 e. The van der Waals surface area contributed by atoms with Crippen molar-refractivity contribution in [2.45, 2.75) is 25.8 Å². The van der Waals surface area contributed by atoms with Crippen molar-refractivity contribution in [3.8, 4) is 0 Å². The molecule has 4 heteroatoms. The summed E-state index contributed by atoms with van der Waals surface area (Å²) in [7, 11) is 0. The van der Waals surface area contributed by atoms with Gasteiger partial charge in [0.25, 0.3) is 0 Å². The Morgan fingerprint density at radius 1 is 1.80 bits per heavy atom. The van der Waals surface area contributed by atoms with Crippen LogP contribution < -0.4 is 5.32 Å². The van der Waals surface area contributed by atoms with Gasteiger partial charge in [0.05, 0.1) is 6.04 Å². The molecule has 0 spiro atoms. The molecule has 1 aromatic rings. The Morgan fingerprint density at radius 3 is 3.00 bits per heavy atom. The highest BCUT2D eigenvalue weighted by Gasteiger charge is 2.34. The highest BCUT2D eigenvalue weighted by Crippen LogP contribution is 2.41. The molecule has 1 aliphatic carbocycles. The predicted molar refractivity (Wildman–Crippen MR) is 60.7 cm³/mol. The number of aryl methyl sites for hydroxylation is 1. The lowest BCUT2D eigenvalue weighted by atomic mass is 10.2. The number of carbonyl (C=O) groups excluding carboxylic acids is 1. The highest BCUT2D eigenvalue weighted by atomic mass is 32.1. The van der Waals surface area contributed by atoms with Crippen molar-refractivity contribution in [2.75, 3.05) is 0 Å². The molecule has 0 aromatic carbocycles. The van der Waals surface area contributed by atoms with Gasteiger partial charge in [0.2, 0.25) is 5.91 Å². The van der Waals surface area contributed by atoms with Crippen LogP contribution in [0.15, 0.2) is 18.9 Å². The Morgan fingerprint density at radius 2 is 2.53 bits per heavy atom.